The lowest BCUT2D eigenvalue weighted by molar-refractivity contribution is 0.250. The van der Waals surface area contributed by atoms with E-state index in [9.17, 15) is 4.79 Å². The van der Waals surface area contributed by atoms with Gasteiger partial charge in [-0.05, 0) is 44.0 Å². The summed E-state index contributed by atoms with van der Waals surface area (Å²) in [6, 6.07) is 11.5. The number of nitrogens with one attached hydrogen (secondary N) is 3. The number of nitrogens with zero attached hydrogens (tertiary/aromatic N) is 1. The predicted octanol–water partition coefficient (Wildman–Crippen LogP) is 3.27. The molecule has 1 heterocycles. The van der Waals surface area contributed by atoms with E-state index < -0.39 is 0 Å². The van der Waals surface area contributed by atoms with Crippen molar-refractivity contribution in [2.24, 2.45) is 0 Å². The van der Waals surface area contributed by atoms with E-state index >= 15 is 0 Å². The van der Waals surface area contributed by atoms with Crippen LogP contribution in [0.5, 0.6) is 5.75 Å². The Morgan fingerprint density at radius 2 is 2.00 bits per heavy atom. The number of anilines is 2. The molecule has 0 saturated carbocycles. The number of benzene rings is 1. The minimum absolute atomic E-state index is 0.0842. The molecular weight excluding hydrogens is 304 g/mol. The average Bonchev–Trinajstić information content (AvgIpc) is 2.56. The van der Waals surface area contributed by atoms with Gasteiger partial charge in [0, 0.05) is 12.6 Å². The molecule has 2 amide bonds. The van der Waals surface area contributed by atoms with Crippen LogP contribution in [0.1, 0.15) is 19.4 Å². The minimum Gasteiger partial charge on any atom is -0.496 e. The highest BCUT2D eigenvalue weighted by atomic mass is 16.5. The zero-order chi connectivity index (χ0) is 17.4. The summed E-state index contributed by atoms with van der Waals surface area (Å²) in [6.07, 6.45) is 2.55. The van der Waals surface area contributed by atoms with Crippen LogP contribution < -0.4 is 20.7 Å². The topological polar surface area (TPSA) is 75.3 Å². The van der Waals surface area contributed by atoms with Gasteiger partial charge in [0.25, 0.3) is 0 Å². The maximum atomic E-state index is 11.6. The van der Waals surface area contributed by atoms with Gasteiger partial charge in [-0.3, -0.25) is 5.32 Å². The Morgan fingerprint density at radius 1 is 1.21 bits per heavy atom. The molecule has 0 aliphatic rings. The van der Waals surface area contributed by atoms with Crippen molar-refractivity contribution in [2.45, 2.75) is 26.3 Å². The molecule has 0 fully saturated rings. The van der Waals surface area contributed by atoms with E-state index in [1.54, 1.807) is 19.4 Å². The quantitative estimate of drug-likeness (QED) is 0.729. The number of amides is 2. The van der Waals surface area contributed by atoms with Crippen molar-refractivity contribution in [3.8, 4) is 5.75 Å². The van der Waals surface area contributed by atoms with Gasteiger partial charge in [0.1, 0.15) is 11.6 Å². The number of ether oxygens (including phenoxy) is 1. The van der Waals surface area contributed by atoms with Crippen molar-refractivity contribution in [1.82, 2.24) is 10.3 Å². The van der Waals surface area contributed by atoms with Crippen LogP contribution in [0.4, 0.5) is 16.3 Å². The number of hydrogen-bond donors (Lipinski definition) is 3. The van der Waals surface area contributed by atoms with Gasteiger partial charge in [-0.1, -0.05) is 18.2 Å². The van der Waals surface area contributed by atoms with E-state index in [-0.39, 0.29) is 12.1 Å². The molecule has 0 atom stereocenters. The average molecular weight is 328 g/mol. The second kappa shape index (κ2) is 8.76. The smallest absolute Gasteiger partial charge is 0.320 e. The third-order valence-corrected chi connectivity index (χ3v) is 3.34. The Morgan fingerprint density at radius 3 is 2.67 bits per heavy atom. The number of para-hydroxylation sites is 1. The van der Waals surface area contributed by atoms with E-state index in [1.807, 2.05) is 38.1 Å². The number of pyridine rings is 1. The number of rotatable bonds is 7. The third-order valence-electron chi connectivity index (χ3n) is 3.34. The monoisotopic (exact) mass is 328 g/mol. The van der Waals surface area contributed by atoms with Gasteiger partial charge in [-0.2, -0.15) is 0 Å². The second-order valence-electron chi connectivity index (χ2n) is 5.67. The minimum atomic E-state index is -0.255. The third kappa shape index (κ3) is 5.46. The maximum Gasteiger partial charge on any atom is 0.320 e. The highest BCUT2D eigenvalue weighted by Gasteiger charge is 2.04. The number of urea groups is 1. The highest BCUT2D eigenvalue weighted by Crippen LogP contribution is 2.18. The molecule has 6 nitrogen and oxygen atoms in total. The van der Waals surface area contributed by atoms with Crippen LogP contribution >= 0.6 is 0 Å². The number of carbonyl (C=O) groups excluding carboxylic acids is 1. The molecule has 0 unspecified atom stereocenters. The molecule has 3 N–H and O–H groups in total. The van der Waals surface area contributed by atoms with Crippen LogP contribution in [-0.4, -0.2) is 30.7 Å². The normalized spacial score (nSPS) is 10.3. The van der Waals surface area contributed by atoms with Crippen LogP contribution in [-0.2, 0) is 6.42 Å². The zero-order valence-electron chi connectivity index (χ0n) is 14.3. The van der Waals surface area contributed by atoms with Gasteiger partial charge in [-0.25, -0.2) is 9.78 Å². The van der Waals surface area contributed by atoms with Gasteiger partial charge < -0.3 is 15.4 Å². The predicted molar refractivity (Wildman–Crippen MR) is 96.7 cm³/mol. The number of hydrogen-bond acceptors (Lipinski definition) is 4. The summed E-state index contributed by atoms with van der Waals surface area (Å²) in [5.74, 6) is 1.41. The molecule has 2 aromatic rings. The Bertz CT molecular complexity index is 656. The lowest BCUT2D eigenvalue weighted by atomic mass is 10.1. The molecule has 6 heteroatoms. The van der Waals surface area contributed by atoms with E-state index in [4.69, 9.17) is 4.74 Å². The molecule has 1 aromatic heterocycles. The molecule has 0 saturated heterocycles. The SMILES string of the molecule is COc1ccccc1CCNc1ccc(NC(=O)NC(C)C)nc1. The first-order valence-electron chi connectivity index (χ1n) is 7.98. The molecule has 0 aliphatic heterocycles. The summed E-state index contributed by atoms with van der Waals surface area (Å²) in [6.45, 7) is 4.58. The summed E-state index contributed by atoms with van der Waals surface area (Å²) in [4.78, 5) is 15.8. The van der Waals surface area contributed by atoms with Crippen molar-refractivity contribution in [3.63, 3.8) is 0 Å². The molecule has 1 aromatic carbocycles. The molecule has 0 radical (unpaired) electrons. The molecule has 128 valence electrons. The standard InChI is InChI=1S/C18H24N4O2/c1-13(2)21-18(23)22-17-9-8-15(12-20-17)19-11-10-14-6-4-5-7-16(14)24-3/h4-9,12-13,19H,10-11H2,1-3H3,(H2,20,21,22,23). The van der Waals surface area contributed by atoms with E-state index in [2.05, 4.69) is 27.0 Å². The lowest BCUT2D eigenvalue weighted by Crippen LogP contribution is -2.34. The van der Waals surface area contributed by atoms with E-state index in [0.717, 1.165) is 30.0 Å². The van der Waals surface area contributed by atoms with Gasteiger partial charge in [0.15, 0.2) is 0 Å². The van der Waals surface area contributed by atoms with Crippen molar-refractivity contribution >= 4 is 17.5 Å². The molecule has 0 bridgehead atoms. The van der Waals surface area contributed by atoms with Crippen LogP contribution in [0.25, 0.3) is 0 Å². The highest BCUT2D eigenvalue weighted by molar-refractivity contribution is 5.88. The van der Waals surface area contributed by atoms with Crippen molar-refractivity contribution < 1.29 is 9.53 Å². The van der Waals surface area contributed by atoms with Crippen molar-refractivity contribution in [2.75, 3.05) is 24.3 Å². The Kier molecular flexibility index (Phi) is 6.42. The summed E-state index contributed by atoms with van der Waals surface area (Å²) in [5.41, 5.74) is 2.06. The van der Waals surface area contributed by atoms with Gasteiger partial charge in [0.05, 0.1) is 19.0 Å². The first-order valence-corrected chi connectivity index (χ1v) is 7.98. The molecule has 0 spiro atoms. The van der Waals surface area contributed by atoms with Crippen LogP contribution in [0, 0.1) is 0 Å². The van der Waals surface area contributed by atoms with Crippen LogP contribution in [0.3, 0.4) is 0 Å². The van der Waals surface area contributed by atoms with Crippen LogP contribution in [0.15, 0.2) is 42.6 Å². The lowest BCUT2D eigenvalue weighted by Gasteiger charge is -2.11. The largest absolute Gasteiger partial charge is 0.496 e. The summed E-state index contributed by atoms with van der Waals surface area (Å²) >= 11 is 0. The second-order valence-corrected chi connectivity index (χ2v) is 5.67. The molecule has 2 rings (SSSR count). The maximum absolute atomic E-state index is 11.6. The van der Waals surface area contributed by atoms with Gasteiger partial charge >= 0.3 is 6.03 Å². The Balaban J connectivity index is 1.82. The van der Waals surface area contributed by atoms with E-state index in [0.29, 0.717) is 5.82 Å². The van der Waals surface area contributed by atoms with Crippen molar-refractivity contribution in [1.29, 1.82) is 0 Å². The van der Waals surface area contributed by atoms with Crippen molar-refractivity contribution in [3.05, 3.63) is 48.2 Å². The molecule has 24 heavy (non-hydrogen) atoms. The molecule has 0 aliphatic carbocycles. The summed E-state index contributed by atoms with van der Waals surface area (Å²) < 4.78 is 5.34. The first kappa shape index (κ1) is 17.6. The fraction of sp³-hybridized carbons (Fsp3) is 0.333. The molecular formula is C18H24N4O2. The van der Waals surface area contributed by atoms with Gasteiger partial charge in [0.2, 0.25) is 0 Å². The summed E-state index contributed by atoms with van der Waals surface area (Å²) in [5, 5.41) is 8.75. The zero-order valence-corrected chi connectivity index (χ0v) is 14.3. The van der Waals surface area contributed by atoms with Crippen LogP contribution in [0.2, 0.25) is 0 Å². The van der Waals surface area contributed by atoms with Gasteiger partial charge in [-0.15, -0.1) is 0 Å². The fourth-order valence-electron chi connectivity index (χ4n) is 2.24. The Labute approximate surface area is 142 Å². The number of methoxy groups -OCH3 is 1. The summed E-state index contributed by atoms with van der Waals surface area (Å²) in [7, 11) is 1.68. The first-order chi connectivity index (χ1) is 11.6. The van der Waals surface area contributed by atoms with E-state index in [1.165, 1.54) is 0 Å². The fourth-order valence-corrected chi connectivity index (χ4v) is 2.24. The Hall–Kier alpha value is -2.76. The number of aromatic nitrogens is 1. The number of carbonyl (C=O) groups is 1.